The highest BCUT2D eigenvalue weighted by atomic mass is 16.5. The fourth-order valence-electron chi connectivity index (χ4n) is 3.28. The predicted molar refractivity (Wildman–Crippen MR) is 84.9 cm³/mol. The zero-order valence-corrected chi connectivity index (χ0v) is 14.3. The van der Waals surface area contributed by atoms with Gasteiger partial charge in [-0.2, -0.15) is 4.98 Å². The Morgan fingerprint density at radius 1 is 1.29 bits per heavy atom. The summed E-state index contributed by atoms with van der Waals surface area (Å²) >= 11 is 0. The fourth-order valence-corrected chi connectivity index (χ4v) is 3.28. The van der Waals surface area contributed by atoms with E-state index in [1.165, 1.54) is 12.8 Å². The second-order valence-corrected chi connectivity index (χ2v) is 6.82. The van der Waals surface area contributed by atoms with Crippen molar-refractivity contribution < 1.29 is 4.52 Å². The number of nitrogens with zero attached hydrogens (tertiary/aromatic N) is 8. The molecule has 1 aliphatic heterocycles. The Morgan fingerprint density at radius 3 is 2.92 bits per heavy atom. The number of aromatic nitrogens is 6. The molecule has 24 heavy (non-hydrogen) atoms. The van der Waals surface area contributed by atoms with Crippen molar-refractivity contribution in [1.82, 2.24) is 40.1 Å². The van der Waals surface area contributed by atoms with E-state index in [2.05, 4.69) is 42.5 Å². The van der Waals surface area contributed by atoms with Crippen molar-refractivity contribution in [2.75, 3.05) is 20.1 Å². The molecule has 0 spiro atoms. The van der Waals surface area contributed by atoms with Gasteiger partial charge in [0.2, 0.25) is 5.89 Å². The van der Waals surface area contributed by atoms with Crippen LogP contribution in [0, 0.1) is 0 Å². The summed E-state index contributed by atoms with van der Waals surface area (Å²) in [4.78, 5) is 9.14. The third-order valence-electron chi connectivity index (χ3n) is 4.89. The summed E-state index contributed by atoms with van der Waals surface area (Å²) in [7, 11) is 2.13. The highest BCUT2D eigenvalue weighted by molar-refractivity contribution is 4.93. The number of rotatable bonds is 7. The second-order valence-electron chi connectivity index (χ2n) is 6.82. The first-order chi connectivity index (χ1) is 11.7. The van der Waals surface area contributed by atoms with Gasteiger partial charge in [0, 0.05) is 25.6 Å². The molecule has 2 aliphatic rings. The summed E-state index contributed by atoms with van der Waals surface area (Å²) < 4.78 is 7.19. The zero-order valence-electron chi connectivity index (χ0n) is 14.3. The number of hydrogen-bond acceptors (Lipinski definition) is 8. The van der Waals surface area contributed by atoms with Crippen molar-refractivity contribution >= 4 is 0 Å². The lowest BCUT2D eigenvalue weighted by atomic mass is 10.2. The summed E-state index contributed by atoms with van der Waals surface area (Å²) in [5.74, 6) is 2.47. The molecular weight excluding hydrogens is 308 g/mol. The van der Waals surface area contributed by atoms with Crippen LogP contribution >= 0.6 is 0 Å². The van der Waals surface area contributed by atoms with Crippen molar-refractivity contribution in [2.45, 2.75) is 57.8 Å². The van der Waals surface area contributed by atoms with Gasteiger partial charge in [0.25, 0.3) is 0 Å². The van der Waals surface area contributed by atoms with Crippen LogP contribution in [0.1, 0.15) is 49.8 Å². The van der Waals surface area contributed by atoms with Gasteiger partial charge in [0.05, 0.1) is 19.1 Å². The minimum atomic E-state index is 0.499. The van der Waals surface area contributed by atoms with Gasteiger partial charge in [0.1, 0.15) is 0 Å². The Morgan fingerprint density at radius 2 is 2.17 bits per heavy atom. The smallest absolute Gasteiger partial charge is 0.226 e. The van der Waals surface area contributed by atoms with E-state index in [0.29, 0.717) is 18.0 Å². The normalized spacial score (nSPS) is 21.9. The molecule has 2 aromatic heterocycles. The number of hydrogen-bond donors (Lipinski definition) is 0. The number of likely N-dealkylation sites (tertiary alicyclic amines) is 1. The summed E-state index contributed by atoms with van der Waals surface area (Å²) in [5, 5.41) is 16.2. The molecule has 0 radical (unpaired) electrons. The molecule has 1 aliphatic carbocycles. The minimum Gasteiger partial charge on any atom is -0.339 e. The molecule has 4 rings (SSSR count). The van der Waals surface area contributed by atoms with Crippen molar-refractivity contribution in [3.63, 3.8) is 0 Å². The molecule has 0 N–H and O–H groups in total. The van der Waals surface area contributed by atoms with E-state index in [4.69, 9.17) is 4.52 Å². The van der Waals surface area contributed by atoms with Gasteiger partial charge in [-0.05, 0) is 36.7 Å². The van der Waals surface area contributed by atoms with Crippen LogP contribution in [0.3, 0.4) is 0 Å². The van der Waals surface area contributed by atoms with E-state index in [9.17, 15) is 0 Å². The lowest BCUT2D eigenvalue weighted by Gasteiger charge is -2.23. The van der Waals surface area contributed by atoms with E-state index < -0.39 is 0 Å². The van der Waals surface area contributed by atoms with Crippen LogP contribution in [0.15, 0.2) is 4.52 Å². The third-order valence-corrected chi connectivity index (χ3v) is 4.89. The molecular formula is C15H24N8O. The minimum absolute atomic E-state index is 0.499. The number of aryl methyl sites for hydroxylation is 1. The van der Waals surface area contributed by atoms with Crippen LogP contribution in [0.25, 0.3) is 0 Å². The molecule has 0 bridgehead atoms. The van der Waals surface area contributed by atoms with Crippen LogP contribution in [0.4, 0.5) is 0 Å². The summed E-state index contributed by atoms with van der Waals surface area (Å²) in [6, 6.07) is 1.03. The van der Waals surface area contributed by atoms with Crippen LogP contribution < -0.4 is 0 Å². The zero-order chi connectivity index (χ0) is 16.5. The van der Waals surface area contributed by atoms with E-state index in [0.717, 1.165) is 50.7 Å². The van der Waals surface area contributed by atoms with Gasteiger partial charge >= 0.3 is 0 Å². The van der Waals surface area contributed by atoms with E-state index in [1.54, 1.807) is 0 Å². The SMILES string of the molecule is CCc1nc(CN(C)[C@@H]2CCN(Cc3nnnn3C3CC3)C2)no1. The van der Waals surface area contributed by atoms with Crippen molar-refractivity contribution in [3.8, 4) is 0 Å². The van der Waals surface area contributed by atoms with Gasteiger partial charge < -0.3 is 4.52 Å². The van der Waals surface area contributed by atoms with Gasteiger partial charge in [-0.15, -0.1) is 5.10 Å². The first-order valence-corrected chi connectivity index (χ1v) is 8.73. The van der Waals surface area contributed by atoms with Gasteiger partial charge in [-0.1, -0.05) is 12.1 Å². The molecule has 3 heterocycles. The molecule has 0 aromatic carbocycles. The van der Waals surface area contributed by atoms with Crippen LogP contribution in [0.2, 0.25) is 0 Å². The molecule has 130 valence electrons. The lowest BCUT2D eigenvalue weighted by molar-refractivity contribution is 0.213. The quantitative estimate of drug-likeness (QED) is 0.730. The molecule has 2 fully saturated rings. The maximum atomic E-state index is 5.19. The highest BCUT2D eigenvalue weighted by Gasteiger charge is 2.31. The largest absolute Gasteiger partial charge is 0.339 e. The molecule has 9 nitrogen and oxygen atoms in total. The Kier molecular flexibility index (Phi) is 4.28. The fraction of sp³-hybridized carbons (Fsp3) is 0.800. The molecule has 2 aromatic rings. The average Bonchev–Trinajstić information content (AvgIpc) is 3.01. The van der Waals surface area contributed by atoms with Crippen LogP contribution in [-0.4, -0.2) is 66.3 Å². The Labute approximate surface area is 141 Å². The van der Waals surface area contributed by atoms with E-state index in [1.807, 2.05) is 11.6 Å². The summed E-state index contributed by atoms with van der Waals surface area (Å²) in [6.45, 7) is 5.66. The molecule has 0 unspecified atom stereocenters. The lowest BCUT2D eigenvalue weighted by Crippen LogP contribution is -2.34. The maximum Gasteiger partial charge on any atom is 0.226 e. The van der Waals surface area contributed by atoms with E-state index >= 15 is 0 Å². The Hall–Kier alpha value is -1.87. The van der Waals surface area contributed by atoms with Gasteiger partial charge in [-0.25, -0.2) is 4.68 Å². The molecule has 9 heteroatoms. The van der Waals surface area contributed by atoms with Crippen LogP contribution in [0.5, 0.6) is 0 Å². The molecule has 1 saturated carbocycles. The topological polar surface area (TPSA) is 89.0 Å². The average molecular weight is 332 g/mol. The van der Waals surface area contributed by atoms with Crippen molar-refractivity contribution in [2.24, 2.45) is 0 Å². The number of likely N-dealkylation sites (N-methyl/N-ethyl adjacent to an activating group) is 1. The second kappa shape index (κ2) is 6.56. The predicted octanol–water partition coefficient (Wildman–Crippen LogP) is 0.660. The molecule has 1 saturated heterocycles. The van der Waals surface area contributed by atoms with Crippen molar-refractivity contribution in [3.05, 3.63) is 17.5 Å². The van der Waals surface area contributed by atoms with Crippen molar-refractivity contribution in [1.29, 1.82) is 0 Å². The number of tetrazole rings is 1. The van der Waals surface area contributed by atoms with Gasteiger partial charge in [0.15, 0.2) is 11.6 Å². The maximum absolute atomic E-state index is 5.19. The first kappa shape index (κ1) is 15.6. The summed E-state index contributed by atoms with van der Waals surface area (Å²) in [5.41, 5.74) is 0. The highest BCUT2D eigenvalue weighted by Crippen LogP contribution is 2.34. The van der Waals surface area contributed by atoms with Gasteiger partial charge in [-0.3, -0.25) is 9.80 Å². The Balaban J connectivity index is 1.31. The molecule has 1 atom stereocenters. The third kappa shape index (κ3) is 3.32. The summed E-state index contributed by atoms with van der Waals surface area (Å²) in [6.07, 6.45) is 4.32. The van der Waals surface area contributed by atoms with Crippen LogP contribution in [-0.2, 0) is 19.5 Å². The molecule has 0 amide bonds. The standard InChI is InChI=1S/C15H24N8O/c1-3-15-16-13(18-24-15)9-21(2)12-6-7-22(8-12)10-14-17-19-20-23(14)11-4-5-11/h11-12H,3-10H2,1-2H3/t12-/m1/s1. The monoisotopic (exact) mass is 332 g/mol. The Bertz CT molecular complexity index is 679. The first-order valence-electron chi connectivity index (χ1n) is 8.73. The van der Waals surface area contributed by atoms with E-state index in [-0.39, 0.29) is 0 Å².